The number of nitrogens with zero attached hydrogens (tertiary/aromatic N) is 6. The van der Waals surface area contributed by atoms with Gasteiger partial charge in [0, 0.05) is 31.7 Å². The Morgan fingerprint density at radius 2 is 1.28 bits per heavy atom. The number of aromatic nitrogens is 4. The molecular formula is C43H38N6O4. The van der Waals surface area contributed by atoms with E-state index in [0.717, 1.165) is 45.0 Å². The van der Waals surface area contributed by atoms with Crippen molar-refractivity contribution < 1.29 is 18.9 Å². The number of nitriles is 2. The first-order valence-corrected chi connectivity index (χ1v) is 16.9. The highest BCUT2D eigenvalue weighted by Crippen LogP contribution is 2.40. The van der Waals surface area contributed by atoms with Crippen molar-refractivity contribution in [3.05, 3.63) is 155 Å². The summed E-state index contributed by atoms with van der Waals surface area (Å²) in [6, 6.07) is 35.0. The Kier molecular flexibility index (Phi) is 11.0. The molecule has 7 rings (SSSR count). The summed E-state index contributed by atoms with van der Waals surface area (Å²) in [6.45, 7) is 7.23. The Balaban J connectivity index is 0.000000181. The first-order chi connectivity index (χ1) is 25.8. The molecule has 10 nitrogen and oxygen atoms in total. The lowest BCUT2D eigenvalue weighted by molar-refractivity contribution is 0.336. The molecule has 0 aliphatic rings. The van der Waals surface area contributed by atoms with E-state index < -0.39 is 0 Å². The molecule has 5 aromatic carbocycles. The molecule has 0 atom stereocenters. The zero-order valence-electron chi connectivity index (χ0n) is 30.2. The predicted molar refractivity (Wildman–Crippen MR) is 203 cm³/mol. The summed E-state index contributed by atoms with van der Waals surface area (Å²) in [7, 11) is 3.12. The van der Waals surface area contributed by atoms with Crippen LogP contribution in [0.3, 0.4) is 0 Å². The van der Waals surface area contributed by atoms with Crippen molar-refractivity contribution in [1.29, 1.82) is 10.5 Å². The molecule has 0 saturated heterocycles. The molecule has 0 spiro atoms. The third-order valence-corrected chi connectivity index (χ3v) is 8.59. The minimum absolute atomic E-state index is 0.446. The second-order valence-corrected chi connectivity index (χ2v) is 12.2. The van der Waals surface area contributed by atoms with Gasteiger partial charge in [0.25, 0.3) is 0 Å². The normalized spacial score (nSPS) is 10.5. The van der Waals surface area contributed by atoms with Crippen molar-refractivity contribution in [2.75, 3.05) is 14.2 Å². The maximum Gasteiger partial charge on any atom is 0.203 e. The van der Waals surface area contributed by atoms with Gasteiger partial charge in [-0.25, -0.2) is 9.97 Å². The van der Waals surface area contributed by atoms with Gasteiger partial charge in [0.2, 0.25) is 5.75 Å². The number of para-hydroxylation sites is 1. The second-order valence-electron chi connectivity index (χ2n) is 12.2. The van der Waals surface area contributed by atoms with E-state index in [1.54, 1.807) is 44.7 Å². The number of benzene rings is 5. The zero-order valence-corrected chi connectivity index (χ0v) is 30.2. The average Bonchev–Trinajstić information content (AvgIpc) is 3.73. The van der Waals surface area contributed by atoms with Gasteiger partial charge in [-0.3, -0.25) is 0 Å². The number of ether oxygens (including phenoxy) is 4. The van der Waals surface area contributed by atoms with E-state index in [1.807, 2.05) is 99.9 Å². The fourth-order valence-corrected chi connectivity index (χ4v) is 5.89. The third-order valence-electron chi connectivity index (χ3n) is 8.59. The molecule has 0 aliphatic carbocycles. The SMILES string of the molecule is COc1cccc(Oc2cc(Cn3cc(C)nc3C)ccc2C#N)c1OC.Cc1nccn1Cc1ccc(C#N)c(Oc2ccc3ccccc3c2)c1. The number of fused-ring (bicyclic) bond motifs is 1. The summed E-state index contributed by atoms with van der Waals surface area (Å²) in [5.74, 6) is 5.18. The largest absolute Gasteiger partial charge is 0.493 e. The minimum Gasteiger partial charge on any atom is -0.493 e. The quantitative estimate of drug-likeness (QED) is 0.138. The molecule has 0 bridgehead atoms. The van der Waals surface area contributed by atoms with Crippen LogP contribution in [0.4, 0.5) is 0 Å². The molecule has 53 heavy (non-hydrogen) atoms. The molecule has 2 aromatic heterocycles. The third kappa shape index (κ3) is 8.47. The summed E-state index contributed by atoms with van der Waals surface area (Å²) < 4.78 is 26.9. The van der Waals surface area contributed by atoms with Crippen LogP contribution in [0, 0.1) is 43.4 Å². The van der Waals surface area contributed by atoms with Crippen LogP contribution in [0.2, 0.25) is 0 Å². The standard InChI is InChI=1S/C22H17N3O.C21H21N3O3/c1-16-24-10-11-25(16)15-17-6-7-20(14-23)22(12-17)26-21-9-8-18-4-2-3-5-19(18)13-21;1-14-12-24(15(2)23-14)13-16-8-9-17(11-22)20(10-16)27-19-7-5-6-18(25-3)21(19)26-4/h2-13H,15H2,1H3;5-10,12H,13H2,1-4H3. The Morgan fingerprint density at radius 3 is 1.89 bits per heavy atom. The van der Waals surface area contributed by atoms with E-state index >= 15 is 0 Å². The minimum atomic E-state index is 0.446. The number of hydrogen-bond donors (Lipinski definition) is 0. The maximum atomic E-state index is 9.45. The highest BCUT2D eigenvalue weighted by atomic mass is 16.5. The summed E-state index contributed by atoms with van der Waals surface area (Å²) in [5, 5.41) is 21.1. The van der Waals surface area contributed by atoms with Gasteiger partial charge < -0.3 is 28.1 Å². The average molecular weight is 703 g/mol. The fraction of sp³-hybridized carbons (Fsp3) is 0.163. The van der Waals surface area contributed by atoms with Gasteiger partial charge in [0.1, 0.15) is 41.0 Å². The molecule has 0 saturated carbocycles. The van der Waals surface area contributed by atoms with Crippen molar-refractivity contribution in [1.82, 2.24) is 19.1 Å². The van der Waals surface area contributed by atoms with E-state index in [4.69, 9.17) is 18.9 Å². The van der Waals surface area contributed by atoms with Crippen molar-refractivity contribution in [2.24, 2.45) is 0 Å². The van der Waals surface area contributed by atoms with E-state index in [9.17, 15) is 10.5 Å². The molecule has 0 aliphatic heterocycles. The summed E-state index contributed by atoms with van der Waals surface area (Å²) in [5.41, 5.74) is 4.00. The summed E-state index contributed by atoms with van der Waals surface area (Å²) in [4.78, 5) is 8.67. The van der Waals surface area contributed by atoms with Crippen molar-refractivity contribution in [3.63, 3.8) is 0 Å². The Hall–Kier alpha value is -7.04. The van der Waals surface area contributed by atoms with Crippen molar-refractivity contribution in [3.8, 4) is 46.6 Å². The van der Waals surface area contributed by atoms with Crippen molar-refractivity contribution in [2.45, 2.75) is 33.9 Å². The predicted octanol–water partition coefficient (Wildman–Crippen LogP) is 9.29. The van der Waals surface area contributed by atoms with Crippen LogP contribution in [0.15, 0.2) is 116 Å². The van der Waals surface area contributed by atoms with E-state index in [1.165, 1.54) is 0 Å². The highest BCUT2D eigenvalue weighted by Gasteiger charge is 2.15. The second kappa shape index (κ2) is 16.3. The smallest absolute Gasteiger partial charge is 0.203 e. The lowest BCUT2D eigenvalue weighted by Crippen LogP contribution is -2.02. The summed E-state index contributed by atoms with van der Waals surface area (Å²) in [6.07, 6.45) is 5.72. The van der Waals surface area contributed by atoms with Gasteiger partial charge >= 0.3 is 0 Å². The zero-order chi connectivity index (χ0) is 37.3. The molecule has 0 fully saturated rings. The Labute approximate surface area is 308 Å². The van der Waals surface area contributed by atoms with Gasteiger partial charge in [-0.1, -0.05) is 48.5 Å². The molecule has 0 amide bonds. The molecular weight excluding hydrogens is 665 g/mol. The Bertz CT molecular complexity index is 2470. The van der Waals surface area contributed by atoms with Gasteiger partial charge in [-0.05, 0) is 91.2 Å². The highest BCUT2D eigenvalue weighted by molar-refractivity contribution is 5.83. The monoisotopic (exact) mass is 702 g/mol. The number of hydrogen-bond acceptors (Lipinski definition) is 8. The summed E-state index contributed by atoms with van der Waals surface area (Å²) >= 11 is 0. The van der Waals surface area contributed by atoms with Crippen LogP contribution in [0.1, 0.15) is 39.6 Å². The molecule has 0 unspecified atom stereocenters. The van der Waals surface area contributed by atoms with E-state index in [0.29, 0.717) is 53.0 Å². The van der Waals surface area contributed by atoms with Gasteiger partial charge in [-0.2, -0.15) is 10.5 Å². The van der Waals surface area contributed by atoms with Crippen molar-refractivity contribution >= 4 is 10.8 Å². The Morgan fingerprint density at radius 1 is 0.623 bits per heavy atom. The lowest BCUT2D eigenvalue weighted by Gasteiger charge is -2.15. The van der Waals surface area contributed by atoms with Gasteiger partial charge in [0.05, 0.1) is 31.0 Å². The van der Waals surface area contributed by atoms with Crippen LogP contribution in [-0.2, 0) is 13.1 Å². The van der Waals surface area contributed by atoms with Crippen LogP contribution >= 0.6 is 0 Å². The first kappa shape index (κ1) is 35.8. The molecule has 2 heterocycles. The number of rotatable bonds is 10. The van der Waals surface area contributed by atoms with E-state index in [2.05, 4.69) is 37.3 Å². The molecule has 10 heteroatoms. The molecule has 264 valence electrons. The molecule has 0 N–H and O–H groups in total. The number of methoxy groups -OCH3 is 2. The van der Waals surface area contributed by atoms with Gasteiger partial charge in [-0.15, -0.1) is 0 Å². The van der Waals surface area contributed by atoms with Crippen LogP contribution in [-0.4, -0.2) is 33.3 Å². The lowest BCUT2D eigenvalue weighted by atomic mass is 10.1. The van der Waals surface area contributed by atoms with Crippen LogP contribution in [0.25, 0.3) is 10.8 Å². The topological polar surface area (TPSA) is 120 Å². The van der Waals surface area contributed by atoms with Crippen LogP contribution < -0.4 is 18.9 Å². The number of aryl methyl sites for hydroxylation is 3. The first-order valence-electron chi connectivity index (χ1n) is 16.9. The van der Waals surface area contributed by atoms with E-state index in [-0.39, 0.29) is 0 Å². The molecule has 7 aromatic rings. The van der Waals surface area contributed by atoms with Gasteiger partial charge in [0.15, 0.2) is 11.5 Å². The fourth-order valence-electron chi connectivity index (χ4n) is 5.89. The maximum absolute atomic E-state index is 9.45. The van der Waals surface area contributed by atoms with Crippen LogP contribution in [0.5, 0.6) is 34.5 Å². The molecule has 0 radical (unpaired) electrons. The number of imidazole rings is 2.